The lowest BCUT2D eigenvalue weighted by atomic mass is 9.99. The molecule has 0 unspecified atom stereocenters. The molecule has 0 amide bonds. The van der Waals surface area contributed by atoms with Gasteiger partial charge in [0, 0.05) is 49.2 Å². The summed E-state index contributed by atoms with van der Waals surface area (Å²) in [5.41, 5.74) is 1.29. The van der Waals surface area contributed by atoms with E-state index in [0.717, 1.165) is 11.6 Å². The van der Waals surface area contributed by atoms with Crippen molar-refractivity contribution in [2.24, 2.45) is 0 Å². The van der Waals surface area contributed by atoms with Crippen LogP contribution in [0.25, 0.3) is 11.4 Å². The van der Waals surface area contributed by atoms with Crippen LogP contribution in [0.4, 0.5) is 8.78 Å². The van der Waals surface area contributed by atoms with Crippen LogP contribution < -0.4 is 0 Å². The molecule has 0 saturated carbocycles. The van der Waals surface area contributed by atoms with Gasteiger partial charge in [0.05, 0.1) is 5.92 Å². The smallest absolute Gasteiger partial charge is 0.232 e. The molecule has 3 aromatic rings. The van der Waals surface area contributed by atoms with Crippen molar-refractivity contribution < 1.29 is 13.3 Å². The molecule has 0 spiro atoms. The first-order chi connectivity index (χ1) is 11.7. The summed E-state index contributed by atoms with van der Waals surface area (Å²) in [6.07, 6.45) is 3.36. The van der Waals surface area contributed by atoms with E-state index in [2.05, 4.69) is 20.0 Å². The third-order valence-corrected chi connectivity index (χ3v) is 4.08. The van der Waals surface area contributed by atoms with Gasteiger partial charge in [0.25, 0.3) is 0 Å². The van der Waals surface area contributed by atoms with Gasteiger partial charge in [-0.3, -0.25) is 9.88 Å². The van der Waals surface area contributed by atoms with Gasteiger partial charge in [0.2, 0.25) is 11.7 Å². The minimum absolute atomic E-state index is 0.131. The van der Waals surface area contributed by atoms with Crippen LogP contribution >= 0.6 is 0 Å². The highest BCUT2D eigenvalue weighted by atomic mass is 19.1. The predicted molar refractivity (Wildman–Crippen MR) is 81.9 cm³/mol. The second kappa shape index (κ2) is 6.09. The Kier molecular flexibility index (Phi) is 3.78. The number of hydrogen-bond donors (Lipinski definition) is 0. The largest absolute Gasteiger partial charge is 0.339 e. The molecule has 0 N–H and O–H groups in total. The van der Waals surface area contributed by atoms with Crippen LogP contribution in [-0.4, -0.2) is 33.1 Å². The molecule has 3 heterocycles. The Bertz CT molecular complexity index is 847. The summed E-state index contributed by atoms with van der Waals surface area (Å²) in [6.45, 7) is 1.84. The number of pyridine rings is 1. The van der Waals surface area contributed by atoms with E-state index in [1.54, 1.807) is 12.4 Å². The van der Waals surface area contributed by atoms with Crippen LogP contribution in [0.1, 0.15) is 17.4 Å². The second-order valence-electron chi connectivity index (χ2n) is 5.82. The zero-order valence-electron chi connectivity index (χ0n) is 12.7. The SMILES string of the molecule is Fc1ccc(CN2CC(c3nc(-c4cccnc4)no3)C2)c(F)c1. The first-order valence-corrected chi connectivity index (χ1v) is 7.59. The molecule has 5 nitrogen and oxygen atoms in total. The second-order valence-corrected chi connectivity index (χ2v) is 5.82. The molecule has 1 fully saturated rings. The normalized spacial score (nSPS) is 15.4. The van der Waals surface area contributed by atoms with Crippen molar-refractivity contribution in [3.8, 4) is 11.4 Å². The molecule has 1 aromatic carbocycles. The van der Waals surface area contributed by atoms with Gasteiger partial charge in [-0.1, -0.05) is 11.2 Å². The van der Waals surface area contributed by atoms with E-state index < -0.39 is 11.6 Å². The van der Waals surface area contributed by atoms with E-state index in [1.807, 2.05) is 12.1 Å². The molecule has 0 bridgehead atoms. The zero-order chi connectivity index (χ0) is 16.5. The third kappa shape index (κ3) is 2.90. The van der Waals surface area contributed by atoms with Crippen LogP contribution in [0.15, 0.2) is 47.2 Å². The number of hydrogen-bond acceptors (Lipinski definition) is 5. The molecule has 24 heavy (non-hydrogen) atoms. The van der Waals surface area contributed by atoms with E-state index in [-0.39, 0.29) is 5.92 Å². The molecule has 122 valence electrons. The number of benzene rings is 1. The van der Waals surface area contributed by atoms with Crippen LogP contribution in [0.5, 0.6) is 0 Å². The standard InChI is InChI=1S/C17H14F2N4O/c18-14-4-3-12(15(19)6-14)8-23-9-13(10-23)17-21-16(22-24-17)11-2-1-5-20-7-11/h1-7,13H,8-10H2. The van der Waals surface area contributed by atoms with Crippen molar-refractivity contribution in [1.29, 1.82) is 0 Å². The third-order valence-electron chi connectivity index (χ3n) is 4.08. The lowest BCUT2D eigenvalue weighted by molar-refractivity contribution is 0.116. The van der Waals surface area contributed by atoms with Crippen molar-refractivity contribution in [1.82, 2.24) is 20.0 Å². The highest BCUT2D eigenvalue weighted by Gasteiger charge is 2.33. The van der Waals surface area contributed by atoms with Gasteiger partial charge >= 0.3 is 0 Å². The number of rotatable bonds is 4. The van der Waals surface area contributed by atoms with Crippen LogP contribution in [0.3, 0.4) is 0 Å². The summed E-state index contributed by atoms with van der Waals surface area (Å²) >= 11 is 0. The molecule has 1 aliphatic heterocycles. The Labute approximate surface area is 136 Å². The van der Waals surface area contributed by atoms with Crippen molar-refractivity contribution in [3.05, 3.63) is 65.8 Å². The zero-order valence-corrected chi connectivity index (χ0v) is 12.7. The van der Waals surface area contributed by atoms with Gasteiger partial charge in [-0.2, -0.15) is 4.98 Å². The Balaban J connectivity index is 1.38. The van der Waals surface area contributed by atoms with E-state index in [1.165, 1.54) is 12.1 Å². The average molecular weight is 328 g/mol. The highest BCUT2D eigenvalue weighted by molar-refractivity contribution is 5.51. The Morgan fingerprint density at radius 2 is 2.08 bits per heavy atom. The lowest BCUT2D eigenvalue weighted by Crippen LogP contribution is -2.44. The number of halogens is 2. The fraction of sp³-hybridized carbons (Fsp3) is 0.235. The predicted octanol–water partition coefficient (Wildman–Crippen LogP) is 3.01. The van der Waals surface area contributed by atoms with Crippen LogP contribution in [0.2, 0.25) is 0 Å². The maximum atomic E-state index is 13.7. The van der Waals surface area contributed by atoms with Crippen LogP contribution in [-0.2, 0) is 6.54 Å². The van der Waals surface area contributed by atoms with Gasteiger partial charge in [-0.25, -0.2) is 8.78 Å². The van der Waals surface area contributed by atoms with Crippen molar-refractivity contribution >= 4 is 0 Å². The number of likely N-dealkylation sites (tertiary alicyclic amines) is 1. The summed E-state index contributed by atoms with van der Waals surface area (Å²) in [5, 5.41) is 3.98. The lowest BCUT2D eigenvalue weighted by Gasteiger charge is -2.37. The van der Waals surface area contributed by atoms with E-state index in [4.69, 9.17) is 4.52 Å². The first-order valence-electron chi connectivity index (χ1n) is 7.59. The summed E-state index contributed by atoms with van der Waals surface area (Å²) in [4.78, 5) is 10.5. The average Bonchev–Trinajstić information content (AvgIpc) is 3.02. The maximum absolute atomic E-state index is 13.7. The van der Waals surface area contributed by atoms with E-state index in [9.17, 15) is 8.78 Å². The Morgan fingerprint density at radius 1 is 1.21 bits per heavy atom. The molecule has 4 rings (SSSR count). The summed E-state index contributed by atoms with van der Waals surface area (Å²) in [7, 11) is 0. The molecule has 2 aromatic heterocycles. The van der Waals surface area contributed by atoms with Gasteiger partial charge in [-0.05, 0) is 18.2 Å². The summed E-state index contributed by atoms with van der Waals surface area (Å²) < 4.78 is 31.9. The fourth-order valence-corrected chi connectivity index (χ4v) is 2.76. The maximum Gasteiger partial charge on any atom is 0.232 e. The minimum atomic E-state index is -0.563. The number of aromatic nitrogens is 3. The highest BCUT2D eigenvalue weighted by Crippen LogP contribution is 2.29. The molecular weight excluding hydrogens is 314 g/mol. The van der Waals surface area contributed by atoms with E-state index in [0.29, 0.717) is 36.9 Å². The Morgan fingerprint density at radius 3 is 2.83 bits per heavy atom. The Hall–Kier alpha value is -2.67. The van der Waals surface area contributed by atoms with Crippen molar-refractivity contribution in [2.75, 3.05) is 13.1 Å². The molecule has 0 aliphatic carbocycles. The molecule has 1 saturated heterocycles. The molecule has 0 radical (unpaired) electrons. The van der Waals surface area contributed by atoms with Gasteiger partial charge in [0.1, 0.15) is 11.6 Å². The fourth-order valence-electron chi connectivity index (χ4n) is 2.76. The van der Waals surface area contributed by atoms with Crippen molar-refractivity contribution in [2.45, 2.75) is 12.5 Å². The first kappa shape index (κ1) is 14.9. The summed E-state index contributed by atoms with van der Waals surface area (Å²) in [5.74, 6) is 0.138. The molecular formula is C17H14F2N4O. The topological polar surface area (TPSA) is 55.1 Å². The van der Waals surface area contributed by atoms with Crippen LogP contribution in [0, 0.1) is 11.6 Å². The molecule has 1 aliphatic rings. The minimum Gasteiger partial charge on any atom is -0.339 e. The molecule has 0 atom stereocenters. The quantitative estimate of drug-likeness (QED) is 0.737. The summed E-state index contributed by atoms with van der Waals surface area (Å²) in [6, 6.07) is 7.34. The van der Waals surface area contributed by atoms with Gasteiger partial charge in [-0.15, -0.1) is 0 Å². The van der Waals surface area contributed by atoms with E-state index >= 15 is 0 Å². The molecule has 7 heteroatoms. The monoisotopic (exact) mass is 328 g/mol. The number of nitrogens with zero attached hydrogens (tertiary/aromatic N) is 4. The van der Waals surface area contributed by atoms with Crippen molar-refractivity contribution in [3.63, 3.8) is 0 Å². The van der Waals surface area contributed by atoms with Gasteiger partial charge < -0.3 is 4.52 Å². The van der Waals surface area contributed by atoms with Gasteiger partial charge in [0.15, 0.2) is 0 Å².